The van der Waals surface area contributed by atoms with Crippen molar-refractivity contribution in [2.24, 2.45) is 0 Å². The van der Waals surface area contributed by atoms with E-state index in [2.05, 4.69) is 11.9 Å². The first kappa shape index (κ1) is 21.8. The fourth-order valence-corrected chi connectivity index (χ4v) is 3.11. The molecule has 2 aromatic carbocycles. The van der Waals surface area contributed by atoms with Crippen molar-refractivity contribution in [1.29, 1.82) is 0 Å². The van der Waals surface area contributed by atoms with E-state index in [9.17, 15) is 4.79 Å². The molecule has 150 valence electrons. The third-order valence-corrected chi connectivity index (χ3v) is 4.69. The summed E-state index contributed by atoms with van der Waals surface area (Å²) in [5.74, 6) is 0.909. The molecular formula is C22H27ClN2O3. The van der Waals surface area contributed by atoms with Crippen LogP contribution in [0.4, 0.5) is 0 Å². The van der Waals surface area contributed by atoms with E-state index in [4.69, 9.17) is 21.1 Å². The molecule has 0 heterocycles. The lowest BCUT2D eigenvalue weighted by Crippen LogP contribution is -2.37. The van der Waals surface area contributed by atoms with Crippen LogP contribution in [0.2, 0.25) is 5.02 Å². The zero-order chi connectivity index (χ0) is 20.5. The summed E-state index contributed by atoms with van der Waals surface area (Å²) >= 11 is 6.30. The van der Waals surface area contributed by atoms with Crippen LogP contribution in [0.5, 0.6) is 11.5 Å². The second kappa shape index (κ2) is 10.7. The fourth-order valence-electron chi connectivity index (χ4n) is 2.85. The van der Waals surface area contributed by atoms with Crippen LogP contribution in [-0.2, 0) is 11.2 Å². The average Bonchev–Trinajstić information content (AvgIpc) is 2.68. The van der Waals surface area contributed by atoms with Gasteiger partial charge in [0.2, 0.25) is 0 Å². The standard InChI is InChI=1S/C22H27ClN2O3/c1-5-8-16-11-12-20(21(13-16)27-4)28-15-22(26)24-14-19(25(2)3)17-9-6-7-10-18(17)23/h5-7,9-13,19H,1,8,14-15H2,2-4H3,(H,24,26). The molecule has 0 fully saturated rings. The summed E-state index contributed by atoms with van der Waals surface area (Å²) in [7, 11) is 5.48. The number of hydrogen-bond donors (Lipinski definition) is 1. The summed E-state index contributed by atoms with van der Waals surface area (Å²) in [5, 5.41) is 3.59. The second-order valence-electron chi connectivity index (χ2n) is 6.57. The average molecular weight is 403 g/mol. The predicted molar refractivity (Wildman–Crippen MR) is 113 cm³/mol. The van der Waals surface area contributed by atoms with E-state index in [1.165, 1.54) is 0 Å². The molecule has 0 aromatic heterocycles. The van der Waals surface area contributed by atoms with Gasteiger partial charge >= 0.3 is 0 Å². The Morgan fingerprint density at radius 3 is 2.64 bits per heavy atom. The number of halogens is 1. The van der Waals surface area contributed by atoms with Crippen LogP contribution >= 0.6 is 11.6 Å². The van der Waals surface area contributed by atoms with Crippen LogP contribution in [-0.4, -0.2) is 45.2 Å². The Morgan fingerprint density at radius 2 is 2.00 bits per heavy atom. The van der Waals surface area contributed by atoms with Crippen LogP contribution in [0, 0.1) is 0 Å². The summed E-state index contributed by atoms with van der Waals surface area (Å²) < 4.78 is 11.0. The number of benzene rings is 2. The molecule has 0 saturated carbocycles. The quantitative estimate of drug-likeness (QED) is 0.613. The highest BCUT2D eigenvalue weighted by Crippen LogP contribution is 2.28. The zero-order valence-electron chi connectivity index (χ0n) is 16.6. The van der Waals surface area contributed by atoms with Crippen molar-refractivity contribution in [1.82, 2.24) is 10.2 Å². The number of nitrogens with one attached hydrogen (secondary N) is 1. The summed E-state index contributed by atoms with van der Waals surface area (Å²) in [6.07, 6.45) is 2.56. The molecule has 2 rings (SSSR count). The topological polar surface area (TPSA) is 50.8 Å². The number of carbonyl (C=O) groups is 1. The number of ether oxygens (including phenoxy) is 2. The third-order valence-electron chi connectivity index (χ3n) is 4.35. The summed E-state index contributed by atoms with van der Waals surface area (Å²) in [6.45, 7) is 4.06. The van der Waals surface area contributed by atoms with Gasteiger partial charge in [0.15, 0.2) is 18.1 Å². The van der Waals surface area contributed by atoms with Gasteiger partial charge in [0.05, 0.1) is 13.2 Å². The van der Waals surface area contributed by atoms with Crippen molar-refractivity contribution in [3.8, 4) is 11.5 Å². The molecule has 5 nitrogen and oxygen atoms in total. The number of hydrogen-bond acceptors (Lipinski definition) is 4. The first-order valence-electron chi connectivity index (χ1n) is 9.04. The third kappa shape index (κ3) is 6.01. The molecule has 1 unspecified atom stereocenters. The molecular weight excluding hydrogens is 376 g/mol. The maximum absolute atomic E-state index is 12.3. The SMILES string of the molecule is C=CCc1ccc(OCC(=O)NCC(c2ccccc2Cl)N(C)C)c(OC)c1. The van der Waals surface area contributed by atoms with E-state index >= 15 is 0 Å². The van der Waals surface area contributed by atoms with Crippen molar-refractivity contribution < 1.29 is 14.3 Å². The highest BCUT2D eigenvalue weighted by atomic mass is 35.5. The molecule has 0 aliphatic carbocycles. The minimum atomic E-state index is -0.212. The highest BCUT2D eigenvalue weighted by molar-refractivity contribution is 6.31. The number of rotatable bonds is 10. The van der Waals surface area contributed by atoms with Crippen LogP contribution in [0.25, 0.3) is 0 Å². The van der Waals surface area contributed by atoms with Gasteiger partial charge in [-0.2, -0.15) is 0 Å². The molecule has 1 N–H and O–H groups in total. The number of nitrogens with zero attached hydrogens (tertiary/aromatic N) is 1. The van der Waals surface area contributed by atoms with Crippen molar-refractivity contribution in [3.05, 3.63) is 71.3 Å². The second-order valence-corrected chi connectivity index (χ2v) is 6.98. The minimum Gasteiger partial charge on any atom is -0.493 e. The lowest BCUT2D eigenvalue weighted by atomic mass is 10.1. The monoisotopic (exact) mass is 402 g/mol. The molecule has 0 aliphatic rings. The first-order valence-corrected chi connectivity index (χ1v) is 9.42. The molecule has 0 aliphatic heterocycles. The molecule has 1 amide bonds. The number of allylic oxidation sites excluding steroid dienone is 1. The maximum Gasteiger partial charge on any atom is 0.258 e. The summed E-state index contributed by atoms with van der Waals surface area (Å²) in [6, 6.07) is 13.2. The van der Waals surface area contributed by atoms with Crippen molar-refractivity contribution >= 4 is 17.5 Å². The molecule has 28 heavy (non-hydrogen) atoms. The molecule has 0 bridgehead atoms. The minimum absolute atomic E-state index is 0.0367. The van der Waals surface area contributed by atoms with E-state index in [0.29, 0.717) is 23.1 Å². The van der Waals surface area contributed by atoms with Crippen LogP contribution in [0.15, 0.2) is 55.1 Å². The van der Waals surface area contributed by atoms with E-state index in [0.717, 1.165) is 17.5 Å². The van der Waals surface area contributed by atoms with E-state index in [1.807, 2.05) is 61.5 Å². The van der Waals surface area contributed by atoms with Gasteiger partial charge in [0.25, 0.3) is 5.91 Å². The van der Waals surface area contributed by atoms with Gasteiger partial charge < -0.3 is 19.7 Å². The lowest BCUT2D eigenvalue weighted by molar-refractivity contribution is -0.123. The number of amides is 1. The first-order chi connectivity index (χ1) is 13.5. The molecule has 2 aromatic rings. The summed E-state index contributed by atoms with van der Waals surface area (Å²) in [5.41, 5.74) is 2.03. The van der Waals surface area contributed by atoms with E-state index < -0.39 is 0 Å². The van der Waals surface area contributed by atoms with Crippen LogP contribution in [0.1, 0.15) is 17.2 Å². The zero-order valence-corrected chi connectivity index (χ0v) is 17.3. The molecule has 0 radical (unpaired) electrons. The number of methoxy groups -OCH3 is 1. The Balaban J connectivity index is 1.95. The van der Waals surface area contributed by atoms with Gasteiger partial charge in [-0.15, -0.1) is 6.58 Å². The maximum atomic E-state index is 12.3. The van der Waals surface area contributed by atoms with Gasteiger partial charge in [0, 0.05) is 11.6 Å². The van der Waals surface area contributed by atoms with E-state index in [1.54, 1.807) is 13.2 Å². The highest BCUT2D eigenvalue weighted by Gasteiger charge is 2.18. The smallest absolute Gasteiger partial charge is 0.258 e. The fraction of sp³-hybridized carbons (Fsp3) is 0.318. The van der Waals surface area contributed by atoms with Gasteiger partial charge in [-0.1, -0.05) is 41.9 Å². The largest absolute Gasteiger partial charge is 0.493 e. The number of carbonyl (C=O) groups excluding carboxylic acids is 1. The van der Waals surface area contributed by atoms with Crippen LogP contribution in [0.3, 0.4) is 0 Å². The Morgan fingerprint density at radius 1 is 1.25 bits per heavy atom. The van der Waals surface area contributed by atoms with E-state index in [-0.39, 0.29) is 18.6 Å². The Hall–Kier alpha value is -2.50. The number of likely N-dealkylation sites (N-methyl/N-ethyl adjacent to an activating group) is 1. The Bertz CT molecular complexity index is 808. The van der Waals surface area contributed by atoms with Crippen LogP contribution < -0.4 is 14.8 Å². The Kier molecular flexibility index (Phi) is 8.36. The van der Waals surface area contributed by atoms with Gasteiger partial charge in [-0.3, -0.25) is 4.79 Å². The molecule has 6 heteroatoms. The van der Waals surface area contributed by atoms with Gasteiger partial charge in [-0.05, 0) is 49.8 Å². The molecule has 0 saturated heterocycles. The lowest BCUT2D eigenvalue weighted by Gasteiger charge is -2.26. The van der Waals surface area contributed by atoms with Gasteiger partial charge in [-0.25, -0.2) is 0 Å². The van der Waals surface area contributed by atoms with Gasteiger partial charge in [0.1, 0.15) is 0 Å². The summed E-state index contributed by atoms with van der Waals surface area (Å²) in [4.78, 5) is 14.3. The van der Waals surface area contributed by atoms with Crippen molar-refractivity contribution in [3.63, 3.8) is 0 Å². The normalized spacial score (nSPS) is 11.8. The Labute approximate surface area is 171 Å². The predicted octanol–water partition coefficient (Wildman–Crippen LogP) is 3.88. The molecule has 0 spiro atoms. The van der Waals surface area contributed by atoms with Crippen molar-refractivity contribution in [2.75, 3.05) is 34.4 Å². The molecule has 1 atom stereocenters. The van der Waals surface area contributed by atoms with Crippen molar-refractivity contribution in [2.45, 2.75) is 12.5 Å².